The number of hydrogen-bond acceptors (Lipinski definition) is 1. The van der Waals surface area contributed by atoms with Crippen molar-refractivity contribution in [2.24, 2.45) is 22.2 Å². The second-order valence-corrected chi connectivity index (χ2v) is 7.84. The first-order valence-electron chi connectivity index (χ1n) is 6.98. The van der Waals surface area contributed by atoms with Crippen LogP contribution in [0.2, 0.25) is 0 Å². The maximum Gasteiger partial charge on any atom is 0.0653 e. The zero-order valence-electron chi connectivity index (χ0n) is 11.3. The Kier molecular flexibility index (Phi) is 1.86. The lowest BCUT2D eigenvalue weighted by Gasteiger charge is -2.45. The fraction of sp³-hybridized carbons (Fsp3) is 1.00. The standard InChI is InChI=1S/C15H26O/c1-12(2)6-5-7-14(12,4)15-9-8-13(3,16)11(15)10-15/h11,16H,5-10H2,1-4H3/t11-,13-,14+,15+/m0/s1. The number of fused-ring (bicyclic) bond motifs is 1. The predicted octanol–water partition coefficient (Wildman–Crippen LogP) is 3.75. The summed E-state index contributed by atoms with van der Waals surface area (Å²) in [6.45, 7) is 9.49. The molecule has 0 saturated heterocycles. The first kappa shape index (κ1) is 11.1. The highest BCUT2D eigenvalue weighted by Crippen LogP contribution is 2.80. The van der Waals surface area contributed by atoms with Gasteiger partial charge in [-0.1, -0.05) is 27.2 Å². The molecule has 0 aromatic heterocycles. The Balaban J connectivity index is 1.96. The van der Waals surface area contributed by atoms with Gasteiger partial charge in [-0.05, 0) is 61.2 Å². The van der Waals surface area contributed by atoms with E-state index in [0.717, 1.165) is 6.42 Å². The fourth-order valence-corrected chi connectivity index (χ4v) is 5.35. The van der Waals surface area contributed by atoms with Crippen LogP contribution in [0.25, 0.3) is 0 Å². The molecule has 1 heteroatoms. The molecule has 1 N–H and O–H groups in total. The topological polar surface area (TPSA) is 20.2 Å². The second kappa shape index (κ2) is 2.68. The summed E-state index contributed by atoms with van der Waals surface area (Å²) in [6, 6.07) is 0. The summed E-state index contributed by atoms with van der Waals surface area (Å²) in [5.41, 5.74) is 1.09. The predicted molar refractivity (Wildman–Crippen MR) is 66.1 cm³/mol. The van der Waals surface area contributed by atoms with Crippen molar-refractivity contribution in [1.29, 1.82) is 0 Å². The summed E-state index contributed by atoms with van der Waals surface area (Å²) >= 11 is 0. The van der Waals surface area contributed by atoms with Gasteiger partial charge in [0.15, 0.2) is 0 Å². The van der Waals surface area contributed by atoms with Crippen LogP contribution in [0, 0.1) is 22.2 Å². The van der Waals surface area contributed by atoms with Crippen LogP contribution in [0.3, 0.4) is 0 Å². The Hall–Kier alpha value is -0.0400. The van der Waals surface area contributed by atoms with Gasteiger partial charge in [0.25, 0.3) is 0 Å². The van der Waals surface area contributed by atoms with E-state index in [9.17, 15) is 5.11 Å². The largest absolute Gasteiger partial charge is 0.390 e. The van der Waals surface area contributed by atoms with E-state index >= 15 is 0 Å². The van der Waals surface area contributed by atoms with E-state index in [0.29, 0.717) is 22.2 Å². The van der Waals surface area contributed by atoms with E-state index in [1.807, 2.05) is 0 Å². The minimum absolute atomic E-state index is 0.359. The van der Waals surface area contributed by atoms with Crippen molar-refractivity contribution < 1.29 is 5.11 Å². The van der Waals surface area contributed by atoms with E-state index in [1.54, 1.807) is 0 Å². The van der Waals surface area contributed by atoms with Crippen LogP contribution in [-0.2, 0) is 0 Å². The molecule has 0 aromatic carbocycles. The Labute approximate surface area is 99.6 Å². The van der Waals surface area contributed by atoms with Gasteiger partial charge in [-0.15, -0.1) is 0 Å². The molecular formula is C15H26O. The van der Waals surface area contributed by atoms with Gasteiger partial charge >= 0.3 is 0 Å². The van der Waals surface area contributed by atoms with Gasteiger partial charge in [0, 0.05) is 0 Å². The van der Waals surface area contributed by atoms with Crippen molar-refractivity contribution in [1.82, 2.24) is 0 Å². The molecule has 16 heavy (non-hydrogen) atoms. The number of hydrogen-bond donors (Lipinski definition) is 1. The van der Waals surface area contributed by atoms with Crippen molar-refractivity contribution in [2.45, 2.75) is 71.8 Å². The Bertz CT molecular complexity index is 330. The second-order valence-electron chi connectivity index (χ2n) is 7.84. The maximum absolute atomic E-state index is 10.4. The number of rotatable bonds is 1. The van der Waals surface area contributed by atoms with Crippen molar-refractivity contribution in [3.63, 3.8) is 0 Å². The van der Waals surface area contributed by atoms with Crippen LogP contribution < -0.4 is 0 Å². The summed E-state index contributed by atoms with van der Waals surface area (Å²) in [4.78, 5) is 0. The summed E-state index contributed by atoms with van der Waals surface area (Å²) in [5.74, 6) is 0.599. The van der Waals surface area contributed by atoms with Crippen LogP contribution >= 0.6 is 0 Å². The summed E-state index contributed by atoms with van der Waals surface area (Å²) in [5, 5.41) is 10.4. The van der Waals surface area contributed by atoms with Gasteiger partial charge in [0.1, 0.15) is 0 Å². The summed E-state index contributed by atoms with van der Waals surface area (Å²) < 4.78 is 0. The Morgan fingerprint density at radius 2 is 1.62 bits per heavy atom. The third kappa shape index (κ3) is 1.02. The van der Waals surface area contributed by atoms with Gasteiger partial charge in [0.2, 0.25) is 0 Å². The molecule has 3 aliphatic rings. The maximum atomic E-state index is 10.4. The molecule has 4 atom stereocenters. The lowest BCUT2D eigenvalue weighted by atomic mass is 9.59. The molecule has 92 valence electrons. The van der Waals surface area contributed by atoms with E-state index in [-0.39, 0.29) is 5.60 Å². The third-order valence-corrected chi connectivity index (χ3v) is 6.97. The highest BCUT2D eigenvalue weighted by Gasteiger charge is 2.75. The zero-order chi connectivity index (χ0) is 11.8. The highest BCUT2D eigenvalue weighted by atomic mass is 16.3. The van der Waals surface area contributed by atoms with Gasteiger partial charge in [-0.25, -0.2) is 0 Å². The zero-order valence-corrected chi connectivity index (χ0v) is 11.3. The van der Waals surface area contributed by atoms with Crippen LogP contribution in [0.15, 0.2) is 0 Å². The Morgan fingerprint density at radius 1 is 0.938 bits per heavy atom. The first-order valence-corrected chi connectivity index (χ1v) is 6.98. The highest BCUT2D eigenvalue weighted by molar-refractivity contribution is 5.24. The molecule has 3 aliphatic carbocycles. The minimum Gasteiger partial charge on any atom is -0.390 e. The average Bonchev–Trinajstić information content (AvgIpc) is 2.78. The van der Waals surface area contributed by atoms with Gasteiger partial charge in [0.05, 0.1) is 5.60 Å². The van der Waals surface area contributed by atoms with E-state index in [4.69, 9.17) is 0 Å². The molecular weight excluding hydrogens is 196 g/mol. The molecule has 3 rings (SSSR count). The summed E-state index contributed by atoms with van der Waals surface area (Å²) in [7, 11) is 0. The lowest BCUT2D eigenvalue weighted by molar-refractivity contribution is 0.0142. The van der Waals surface area contributed by atoms with Crippen molar-refractivity contribution >= 4 is 0 Å². The molecule has 0 bridgehead atoms. The molecule has 0 amide bonds. The van der Waals surface area contributed by atoms with Crippen LogP contribution in [-0.4, -0.2) is 10.7 Å². The van der Waals surface area contributed by atoms with Crippen molar-refractivity contribution in [2.75, 3.05) is 0 Å². The fourth-order valence-electron chi connectivity index (χ4n) is 5.35. The van der Waals surface area contributed by atoms with E-state index in [1.165, 1.54) is 32.1 Å². The van der Waals surface area contributed by atoms with Gasteiger partial charge in [-0.3, -0.25) is 0 Å². The van der Waals surface area contributed by atoms with Gasteiger partial charge in [-0.2, -0.15) is 0 Å². The first-order chi connectivity index (χ1) is 7.25. The molecule has 1 nitrogen and oxygen atoms in total. The SMILES string of the molecule is CC1(C)CCC[C@@]1(C)[C@@]12CC[C@](C)(O)[C@@H]1C2. The average molecular weight is 222 g/mol. The molecule has 0 unspecified atom stereocenters. The smallest absolute Gasteiger partial charge is 0.0653 e. The molecule has 3 fully saturated rings. The Morgan fingerprint density at radius 3 is 2.00 bits per heavy atom. The molecule has 0 spiro atoms. The molecule has 3 saturated carbocycles. The quantitative estimate of drug-likeness (QED) is 0.716. The van der Waals surface area contributed by atoms with Gasteiger partial charge < -0.3 is 5.11 Å². The lowest BCUT2D eigenvalue weighted by Crippen LogP contribution is -2.39. The normalized spacial score (nSPS) is 58.7. The van der Waals surface area contributed by atoms with E-state index in [2.05, 4.69) is 27.7 Å². The van der Waals surface area contributed by atoms with Crippen LogP contribution in [0.1, 0.15) is 66.2 Å². The van der Waals surface area contributed by atoms with E-state index < -0.39 is 0 Å². The molecule has 0 aromatic rings. The number of aliphatic hydroxyl groups is 1. The third-order valence-electron chi connectivity index (χ3n) is 6.97. The van der Waals surface area contributed by atoms with Crippen LogP contribution in [0.5, 0.6) is 0 Å². The van der Waals surface area contributed by atoms with Crippen LogP contribution in [0.4, 0.5) is 0 Å². The molecule has 0 aliphatic heterocycles. The molecule has 0 radical (unpaired) electrons. The minimum atomic E-state index is -0.359. The monoisotopic (exact) mass is 222 g/mol. The summed E-state index contributed by atoms with van der Waals surface area (Å²) in [6.07, 6.45) is 7.74. The molecule has 0 heterocycles. The van der Waals surface area contributed by atoms with Crippen molar-refractivity contribution in [3.05, 3.63) is 0 Å². The van der Waals surface area contributed by atoms with Crippen molar-refractivity contribution in [3.8, 4) is 0 Å².